The number of carbonyl (C=O) groups is 7. The first-order valence-corrected chi connectivity index (χ1v) is 38.2. The van der Waals surface area contributed by atoms with Crippen LogP contribution in [0, 0.1) is 20.2 Å². The molecular formula is C87H82BrCl3N12O21. The highest BCUT2D eigenvalue weighted by molar-refractivity contribution is 9.10. The van der Waals surface area contributed by atoms with E-state index >= 15 is 0 Å². The van der Waals surface area contributed by atoms with E-state index in [1.807, 2.05) is 152 Å². The van der Waals surface area contributed by atoms with Crippen LogP contribution in [-0.4, -0.2) is 133 Å². The van der Waals surface area contributed by atoms with Gasteiger partial charge in [0.25, 0.3) is 16.9 Å². The minimum atomic E-state index is -0.883. The van der Waals surface area contributed by atoms with Gasteiger partial charge in [-0.2, -0.15) is 0 Å². The van der Waals surface area contributed by atoms with Crippen LogP contribution >= 0.6 is 50.7 Å². The van der Waals surface area contributed by atoms with Gasteiger partial charge < -0.3 is 69.9 Å². The number of aromatic nitrogens is 5. The summed E-state index contributed by atoms with van der Waals surface area (Å²) in [6.07, 6.45) is 6.70. The van der Waals surface area contributed by atoms with Crippen LogP contribution in [0.5, 0.6) is 5.88 Å². The highest BCUT2D eigenvalue weighted by atomic mass is 79.9. The second kappa shape index (κ2) is 51.7. The van der Waals surface area contributed by atoms with E-state index in [2.05, 4.69) is 76.1 Å². The third-order valence-electron chi connectivity index (χ3n) is 16.6. The van der Waals surface area contributed by atoms with E-state index in [0.29, 0.717) is 82.0 Å². The number of anilines is 4. The van der Waals surface area contributed by atoms with Crippen molar-refractivity contribution in [1.82, 2.24) is 24.5 Å². The molecule has 0 spiro atoms. The van der Waals surface area contributed by atoms with E-state index < -0.39 is 62.9 Å². The lowest BCUT2D eigenvalue weighted by Crippen LogP contribution is -2.22. The number of nitrogens with two attached hydrogens (primary N) is 1. The summed E-state index contributed by atoms with van der Waals surface area (Å²) in [6, 6.07) is 63.7. The fourth-order valence-electron chi connectivity index (χ4n) is 10.4. The predicted octanol–water partition coefficient (Wildman–Crippen LogP) is 15.8. The molecule has 5 heterocycles. The molecule has 644 valence electrons. The Hall–Kier alpha value is -14.7. The van der Waals surface area contributed by atoms with Gasteiger partial charge in [0.1, 0.15) is 32.6 Å². The summed E-state index contributed by atoms with van der Waals surface area (Å²) in [5.41, 5.74) is 12.1. The topological polar surface area (TPSA) is 447 Å². The second-order valence-corrected chi connectivity index (χ2v) is 26.7. The molecule has 0 amide bonds. The Labute approximate surface area is 733 Å². The van der Waals surface area contributed by atoms with Crippen LogP contribution in [0.15, 0.2) is 263 Å². The third kappa shape index (κ3) is 31.1. The van der Waals surface area contributed by atoms with Crippen LogP contribution in [0.1, 0.15) is 100 Å². The zero-order chi connectivity index (χ0) is 90.6. The molecule has 0 saturated carbocycles. The summed E-state index contributed by atoms with van der Waals surface area (Å²) in [5.74, 6) is -3.76. The predicted molar refractivity (Wildman–Crippen MR) is 470 cm³/mol. The molecule has 0 bridgehead atoms. The number of halogens is 4. The Morgan fingerprint density at radius 3 is 1.16 bits per heavy atom. The van der Waals surface area contributed by atoms with Crippen LogP contribution in [0.2, 0.25) is 15.3 Å². The van der Waals surface area contributed by atoms with Gasteiger partial charge in [-0.1, -0.05) is 202 Å². The number of carbonyl (C=O) groups excluding carboxylic acids is 7. The van der Waals surface area contributed by atoms with E-state index in [0.717, 1.165) is 40.0 Å². The smallest absolute Gasteiger partial charge is 0.344 e. The maximum absolute atomic E-state index is 12.8. The van der Waals surface area contributed by atoms with Crippen molar-refractivity contribution in [2.24, 2.45) is 5.73 Å². The Bertz CT molecular complexity index is 5740. The zero-order valence-electron chi connectivity index (χ0n) is 67.6. The van der Waals surface area contributed by atoms with E-state index in [1.165, 1.54) is 129 Å². The minimum absolute atomic E-state index is 0.0549. The highest BCUT2D eigenvalue weighted by Gasteiger charge is 2.25. The van der Waals surface area contributed by atoms with E-state index in [4.69, 9.17) is 59.5 Å². The van der Waals surface area contributed by atoms with Gasteiger partial charge in [-0.25, -0.2) is 48.5 Å². The van der Waals surface area contributed by atoms with Gasteiger partial charge in [-0.05, 0) is 64.2 Å². The molecule has 0 atom stereocenters. The molecular weight excluding hydrogens is 1740 g/mol. The van der Waals surface area contributed by atoms with Crippen molar-refractivity contribution in [3.8, 4) is 11.6 Å². The fourth-order valence-corrected chi connectivity index (χ4v) is 11.3. The number of nitrogens with one attached hydrogen (secondary N) is 5. The number of benzene rings is 7. The molecule has 0 unspecified atom stereocenters. The molecule has 37 heteroatoms. The summed E-state index contributed by atoms with van der Waals surface area (Å²) in [4.78, 5) is 140. The molecule has 12 rings (SSSR count). The fraction of sp³-hybridized carbons (Fsp3) is 0.149. The number of esters is 7. The highest BCUT2D eigenvalue weighted by Crippen LogP contribution is 2.29. The van der Waals surface area contributed by atoms with Gasteiger partial charge >= 0.3 is 41.8 Å². The Morgan fingerprint density at radius 1 is 0.411 bits per heavy atom. The van der Waals surface area contributed by atoms with Crippen LogP contribution in [-0.2, 0) is 65.9 Å². The van der Waals surface area contributed by atoms with Crippen LogP contribution in [0.4, 0.5) is 34.1 Å². The molecule has 12 aromatic rings. The lowest BCUT2D eigenvalue weighted by atomic mass is 10.1. The summed E-state index contributed by atoms with van der Waals surface area (Å²) in [6.45, 7) is 2.70. The average Bonchev–Trinajstić information content (AvgIpc) is 0.783. The van der Waals surface area contributed by atoms with E-state index in [-0.39, 0.29) is 55.1 Å². The lowest BCUT2D eigenvalue weighted by molar-refractivity contribution is -0.385. The molecule has 0 radical (unpaired) electrons. The van der Waals surface area contributed by atoms with Gasteiger partial charge in [-0.3, -0.25) is 34.4 Å². The van der Waals surface area contributed by atoms with Crippen molar-refractivity contribution in [2.45, 2.75) is 32.7 Å². The van der Waals surface area contributed by atoms with Crippen LogP contribution in [0.3, 0.4) is 0 Å². The van der Waals surface area contributed by atoms with Gasteiger partial charge in [0.2, 0.25) is 11.4 Å². The maximum Gasteiger partial charge on any atom is 0.344 e. The number of nitrogens with zero attached hydrogens (tertiary/aromatic N) is 6. The molecule has 0 aliphatic rings. The van der Waals surface area contributed by atoms with Crippen LogP contribution < -0.4 is 42.9 Å². The Balaban J connectivity index is 0.000000231. The largest absolute Gasteiger partial charge is 0.481 e. The second-order valence-electron chi connectivity index (χ2n) is 24.6. The van der Waals surface area contributed by atoms with Gasteiger partial charge in [-0.15, -0.1) is 0 Å². The van der Waals surface area contributed by atoms with Gasteiger partial charge in [0, 0.05) is 98.5 Å². The summed E-state index contributed by atoms with van der Waals surface area (Å²) in [7, 11) is 10.3. The van der Waals surface area contributed by atoms with Gasteiger partial charge in [0.15, 0.2) is 0 Å². The molecule has 124 heavy (non-hydrogen) atoms. The molecule has 7 N–H and O–H groups in total. The number of nitro groups is 2. The molecule has 0 aliphatic carbocycles. The van der Waals surface area contributed by atoms with Crippen molar-refractivity contribution in [3.05, 3.63) is 377 Å². The number of methoxy groups -OCH3 is 8. The number of aromatic amines is 1. The lowest BCUT2D eigenvalue weighted by Gasteiger charge is -2.14. The monoisotopic (exact) mass is 1810 g/mol. The number of pyridine rings is 5. The van der Waals surface area contributed by atoms with Crippen molar-refractivity contribution >= 4 is 127 Å². The number of hydrogen-bond acceptors (Lipinski definition) is 29. The Morgan fingerprint density at radius 2 is 0.758 bits per heavy atom. The summed E-state index contributed by atoms with van der Waals surface area (Å²) < 4.78 is 39.0. The first-order valence-electron chi connectivity index (χ1n) is 36.3. The van der Waals surface area contributed by atoms with Gasteiger partial charge in [0.05, 0.1) is 117 Å². The van der Waals surface area contributed by atoms with Crippen LogP contribution in [0.25, 0.3) is 5.69 Å². The van der Waals surface area contributed by atoms with E-state index in [1.54, 1.807) is 18.2 Å². The number of ether oxygens (including phenoxy) is 8. The third-order valence-corrected chi connectivity index (χ3v) is 17.8. The molecule has 0 fully saturated rings. The zero-order valence-corrected chi connectivity index (χ0v) is 71.4. The normalized spacial score (nSPS) is 9.91. The SMILES string of the molecule is COC(=O)c1c[nH]c(=O)cc1NCc1ccccc1.COC(=O)c1ccc(Br)cc1[N+](=O)[O-].COC(=O)c1cn(-c2ccc(C(=O)OC)c([N+](=O)[O-])c2)c(=O)cc1NCc1ccccc1.COC(=O)c1cnc(Cl)cc1Cl.COC(=O)c1cnc(Cl)cc1NCc1ccccc1.COC(=O)c1cnc(OC)cc1NCc1ccccc1.NCc1ccccc1. The van der Waals surface area contributed by atoms with Crippen molar-refractivity contribution in [2.75, 3.05) is 78.1 Å². The summed E-state index contributed by atoms with van der Waals surface area (Å²) in [5, 5.41) is 35.3. The molecule has 0 saturated heterocycles. The minimum Gasteiger partial charge on any atom is -0.481 e. The number of hydrogen-bond donors (Lipinski definition) is 6. The Kier molecular flexibility index (Phi) is 40.9. The van der Waals surface area contributed by atoms with Crippen molar-refractivity contribution in [3.63, 3.8) is 0 Å². The maximum atomic E-state index is 12.8. The standard InChI is InChI=1S/C22H19N3O7.C15H16N2O3.C14H13ClN2O2.C14H14N2O3.C8H6BrNO4.C7H5Cl2NO2.C7H9N/c1-31-21(27)16-9-8-15(10-19(16)25(29)30)24-13-17(22(28)32-2)18(11-20(24)26)23-12-14-6-4-3-5-7-14;1-19-14-8-13(12(10-17-14)15(18)20-2)16-9-11-6-4-3-5-7-11;1-19-14(18)11-9-17-13(15)7-12(11)16-8-10-5-3-2-4-6-10;1-19-14(18)11-9-16-13(17)7-12(11)15-8-10-5-3-2-4-6-10;1-14-8(11)6-3-2-5(9)4-7(6)10(12)13;1-12-7(11)4-3-10-6(9)2-5(4)8;8-6-7-4-2-1-3-5-7/h3-11,13,23H,12H2,1-2H3;3-8,10H,9H2,1-2H3,(H,16,17);2-7,9H,8H2,1H3,(H,16,17);2-7,9H,8H2,1H3,(H2,15,16,17);2-4H,1H3;2-3H,1H3;1-5H,6,8H2. The first kappa shape index (κ1) is 98.1. The number of nitro benzene ring substituents is 2. The van der Waals surface area contributed by atoms with E-state index in [9.17, 15) is 63.4 Å². The average molecular weight is 1820 g/mol. The summed E-state index contributed by atoms with van der Waals surface area (Å²) >= 11 is 20.1. The quantitative estimate of drug-likeness (QED) is 0.0108. The molecule has 33 nitrogen and oxygen atoms in total. The molecule has 0 aliphatic heterocycles. The number of rotatable bonds is 24. The number of H-pyrrole nitrogens is 1. The van der Waals surface area contributed by atoms with Crippen molar-refractivity contribution in [1.29, 1.82) is 0 Å². The first-order chi connectivity index (χ1) is 59.6. The molecule has 7 aromatic carbocycles. The van der Waals surface area contributed by atoms with Crippen molar-refractivity contribution < 1.29 is 81.3 Å². The molecule has 5 aromatic heterocycles.